The van der Waals surface area contributed by atoms with Crippen LogP contribution in [0, 0.1) is 0 Å². The molecule has 4 aromatic rings. The molecule has 12 nitrogen and oxygen atoms in total. The van der Waals surface area contributed by atoms with Gasteiger partial charge in [-0.3, -0.25) is 19.3 Å². The van der Waals surface area contributed by atoms with Crippen LogP contribution in [0.3, 0.4) is 0 Å². The molecule has 0 saturated carbocycles. The van der Waals surface area contributed by atoms with Crippen LogP contribution in [0.5, 0.6) is 0 Å². The van der Waals surface area contributed by atoms with Gasteiger partial charge in [0.25, 0.3) is 11.8 Å². The second-order valence-corrected chi connectivity index (χ2v) is 13.2. The molecule has 3 heterocycles. The first-order valence-corrected chi connectivity index (χ1v) is 17.6. The molecule has 1 unspecified atom stereocenters. The Morgan fingerprint density at radius 2 is 1.56 bits per heavy atom. The number of carboxylic acid groups (broad SMARTS) is 1. The van der Waals surface area contributed by atoms with Crippen molar-refractivity contribution in [3.05, 3.63) is 130 Å². The Morgan fingerprint density at radius 1 is 0.980 bits per heavy atom. The van der Waals surface area contributed by atoms with Crippen molar-refractivity contribution in [1.82, 2.24) is 15.2 Å². The van der Waals surface area contributed by atoms with Crippen LogP contribution in [-0.4, -0.2) is 74.8 Å². The van der Waals surface area contributed by atoms with Gasteiger partial charge in [-0.2, -0.15) is 0 Å². The summed E-state index contributed by atoms with van der Waals surface area (Å²) >= 11 is 2.54. The molecule has 2 atom stereocenters. The maximum absolute atomic E-state index is 13.7. The molecule has 0 radical (unpaired) electrons. The van der Waals surface area contributed by atoms with Crippen LogP contribution in [-0.2, 0) is 34.3 Å². The molecule has 0 spiro atoms. The van der Waals surface area contributed by atoms with Crippen LogP contribution in [0.15, 0.2) is 113 Å². The third-order valence-corrected chi connectivity index (χ3v) is 10.2. The second-order valence-electron chi connectivity index (χ2n) is 11.3. The molecule has 256 valence electrons. The number of aromatic nitrogens is 1. The van der Waals surface area contributed by atoms with Crippen molar-refractivity contribution in [2.75, 3.05) is 24.3 Å². The maximum Gasteiger partial charge on any atom is 0.352 e. The predicted octanol–water partition coefficient (Wildman–Crippen LogP) is 4.59. The molecule has 2 amide bonds. The fraction of sp³-hybridized carbons (Fsp3) is 0.222. The van der Waals surface area contributed by atoms with Gasteiger partial charge in [0.15, 0.2) is 10.8 Å². The van der Waals surface area contributed by atoms with E-state index in [1.807, 2.05) is 91.0 Å². The van der Waals surface area contributed by atoms with E-state index in [4.69, 9.17) is 14.6 Å². The van der Waals surface area contributed by atoms with Gasteiger partial charge in [0.1, 0.15) is 41.6 Å². The quantitative estimate of drug-likeness (QED) is 0.0589. The number of benzene rings is 3. The predicted molar refractivity (Wildman–Crippen MR) is 189 cm³/mol. The van der Waals surface area contributed by atoms with Crippen molar-refractivity contribution in [3.8, 4) is 0 Å². The van der Waals surface area contributed by atoms with Crippen molar-refractivity contribution in [3.63, 3.8) is 0 Å². The summed E-state index contributed by atoms with van der Waals surface area (Å²) < 4.78 is 5.00. The number of aliphatic carboxylic acids is 1. The van der Waals surface area contributed by atoms with Gasteiger partial charge >= 0.3 is 11.9 Å². The zero-order valence-electron chi connectivity index (χ0n) is 27.1. The lowest BCUT2D eigenvalue weighted by atomic mass is 9.77. The number of carboxylic acids is 1. The molecule has 0 aliphatic carbocycles. The first-order chi connectivity index (χ1) is 24.2. The number of nitrogens with zero attached hydrogens (tertiary/aromatic N) is 3. The minimum Gasteiger partial charge on any atom is -0.477 e. The van der Waals surface area contributed by atoms with Crippen LogP contribution < -0.4 is 10.6 Å². The average molecular weight is 712 g/mol. The van der Waals surface area contributed by atoms with E-state index < -0.39 is 40.7 Å². The Kier molecular flexibility index (Phi) is 10.3. The van der Waals surface area contributed by atoms with Crippen molar-refractivity contribution in [2.45, 2.75) is 30.8 Å². The van der Waals surface area contributed by atoms with E-state index in [9.17, 15) is 24.3 Å². The van der Waals surface area contributed by atoms with Crippen molar-refractivity contribution < 1.29 is 33.9 Å². The highest BCUT2D eigenvalue weighted by Crippen LogP contribution is 2.42. The summed E-state index contributed by atoms with van der Waals surface area (Å²) in [5.41, 5.74) is 2.19. The Balaban J connectivity index is 1.29. The van der Waals surface area contributed by atoms with E-state index in [1.54, 1.807) is 12.3 Å². The van der Waals surface area contributed by atoms with Gasteiger partial charge in [-0.25, -0.2) is 9.78 Å². The number of carbonyl (C=O) groups excluding carboxylic acids is 3. The largest absolute Gasteiger partial charge is 0.477 e. The van der Waals surface area contributed by atoms with Gasteiger partial charge in [-0.05, 0) is 23.6 Å². The lowest BCUT2D eigenvalue weighted by molar-refractivity contribution is -0.150. The fourth-order valence-corrected chi connectivity index (χ4v) is 7.99. The maximum atomic E-state index is 13.7. The highest BCUT2D eigenvalue weighted by molar-refractivity contribution is 8.00. The zero-order valence-corrected chi connectivity index (χ0v) is 28.7. The number of oxime groups is 1. The number of anilines is 1. The third kappa shape index (κ3) is 6.71. The average Bonchev–Trinajstić information content (AvgIpc) is 3.60. The Labute approximate surface area is 296 Å². The topological polar surface area (TPSA) is 160 Å². The molecule has 1 fully saturated rings. The number of thioether (sulfide) groups is 1. The molecule has 1 aromatic heterocycles. The molecule has 2 aliphatic rings. The Bertz CT molecular complexity index is 1850. The first kappa shape index (κ1) is 34.4. The first-order valence-electron chi connectivity index (χ1n) is 15.7. The number of hydrogen-bond acceptors (Lipinski definition) is 11. The number of rotatable bonds is 13. The summed E-state index contributed by atoms with van der Waals surface area (Å²) in [6.45, 7) is 2.87. The van der Waals surface area contributed by atoms with Crippen LogP contribution in [0.25, 0.3) is 0 Å². The summed E-state index contributed by atoms with van der Waals surface area (Å²) in [5, 5.41) is 21.8. The molecule has 50 heavy (non-hydrogen) atoms. The second kappa shape index (κ2) is 15.0. The fourth-order valence-electron chi connectivity index (χ4n) is 5.91. The van der Waals surface area contributed by atoms with Crippen molar-refractivity contribution in [2.24, 2.45) is 5.16 Å². The molecule has 3 aromatic carbocycles. The SMILES string of the molecule is CCON=C(C(=O)NC1C(=O)N2C(C(=O)O)=C(COC(C)=O)CS[C@@H]12)c1csc(NC(c2ccccc2)(c2ccccc2)c2ccccc2)n1. The molecule has 14 heteroatoms. The van der Waals surface area contributed by atoms with E-state index in [0.29, 0.717) is 10.7 Å². The summed E-state index contributed by atoms with van der Waals surface area (Å²) in [6, 6.07) is 29.0. The van der Waals surface area contributed by atoms with Crippen molar-refractivity contribution in [1.29, 1.82) is 0 Å². The number of thiazole rings is 1. The van der Waals surface area contributed by atoms with Crippen LogP contribution in [0.2, 0.25) is 0 Å². The van der Waals surface area contributed by atoms with E-state index in [-0.39, 0.29) is 36.1 Å². The Morgan fingerprint density at radius 3 is 2.08 bits per heavy atom. The molecule has 6 rings (SSSR count). The Hall–Kier alpha value is -5.47. The van der Waals surface area contributed by atoms with Gasteiger partial charge in [0.2, 0.25) is 0 Å². The number of carbonyl (C=O) groups is 4. The molecular weight excluding hydrogens is 679 g/mol. The number of nitrogens with one attached hydrogen (secondary N) is 2. The van der Waals surface area contributed by atoms with Gasteiger partial charge in [0, 0.05) is 23.6 Å². The van der Waals surface area contributed by atoms with Gasteiger partial charge < -0.3 is 25.3 Å². The normalized spacial score (nSPS) is 17.4. The smallest absolute Gasteiger partial charge is 0.352 e. The number of esters is 1. The summed E-state index contributed by atoms with van der Waals surface area (Å²) in [5.74, 6) is -3.01. The highest BCUT2D eigenvalue weighted by Gasteiger charge is 2.54. The summed E-state index contributed by atoms with van der Waals surface area (Å²) in [7, 11) is 0. The number of β-lactam (4-membered cyclic amide) rings is 1. The number of fused-ring (bicyclic) bond motifs is 1. The van der Waals surface area contributed by atoms with E-state index >= 15 is 0 Å². The third-order valence-electron chi connectivity index (χ3n) is 8.15. The van der Waals surface area contributed by atoms with E-state index in [2.05, 4.69) is 15.8 Å². The minimum absolute atomic E-state index is 0.141. The summed E-state index contributed by atoms with van der Waals surface area (Å²) in [6.07, 6.45) is 0. The van der Waals surface area contributed by atoms with Gasteiger partial charge in [-0.1, -0.05) is 96.2 Å². The molecule has 3 N–H and O–H groups in total. The van der Waals surface area contributed by atoms with E-state index in [1.165, 1.54) is 30.0 Å². The number of amides is 2. The van der Waals surface area contributed by atoms with Gasteiger partial charge in [0.05, 0.1) is 0 Å². The highest BCUT2D eigenvalue weighted by atomic mass is 32.2. The lowest BCUT2D eigenvalue weighted by Gasteiger charge is -2.49. The van der Waals surface area contributed by atoms with Gasteiger partial charge in [-0.15, -0.1) is 23.1 Å². The van der Waals surface area contributed by atoms with Crippen molar-refractivity contribution >= 4 is 57.7 Å². The summed E-state index contributed by atoms with van der Waals surface area (Å²) in [4.78, 5) is 61.7. The van der Waals surface area contributed by atoms with E-state index in [0.717, 1.165) is 21.6 Å². The van der Waals surface area contributed by atoms with Crippen LogP contribution >= 0.6 is 23.1 Å². The molecule has 1 saturated heterocycles. The number of ether oxygens (including phenoxy) is 1. The lowest BCUT2D eigenvalue weighted by Crippen LogP contribution is -2.71. The number of hydrogen-bond donors (Lipinski definition) is 3. The zero-order chi connectivity index (χ0) is 35.3. The standard InChI is InChI=1S/C36H33N5O7S2/c1-3-48-40-28(31(43)38-29-32(44)41-30(34(45)46)23(19-47-22(2)42)20-49-33(29)41)27-21-50-35(37-27)39-36(24-13-7-4-8-14-24,25-15-9-5-10-16-25)26-17-11-6-12-18-26/h4-18,21,29,33H,3,19-20H2,1-2H3,(H,37,39)(H,38,43)(H,45,46)/t29?,33-/m0/s1. The monoisotopic (exact) mass is 711 g/mol. The molecular formula is C36H33N5O7S2. The van der Waals surface area contributed by atoms with Crippen LogP contribution in [0.1, 0.15) is 36.2 Å². The molecule has 2 aliphatic heterocycles. The minimum atomic E-state index is -1.32. The molecule has 0 bridgehead atoms. The van der Waals surface area contributed by atoms with Crippen LogP contribution in [0.4, 0.5) is 5.13 Å².